The fourth-order valence-electron chi connectivity index (χ4n) is 2.96. The van der Waals surface area contributed by atoms with Crippen LogP contribution in [0.4, 0.5) is 0 Å². The molecule has 2 rings (SSSR count). The molecule has 124 valence electrons. The maximum absolute atomic E-state index is 10.3. The molecule has 1 fully saturated rings. The lowest BCUT2D eigenvalue weighted by molar-refractivity contribution is -0.0524. The minimum atomic E-state index is -0.531. The summed E-state index contributed by atoms with van der Waals surface area (Å²) in [4.78, 5) is 2.41. The number of ether oxygens (including phenoxy) is 2. The Balaban J connectivity index is 2.03. The topological polar surface area (TPSA) is 41.9 Å². The van der Waals surface area contributed by atoms with Crippen LogP contribution in [0.2, 0.25) is 0 Å². The van der Waals surface area contributed by atoms with Gasteiger partial charge in [0.2, 0.25) is 0 Å². The summed E-state index contributed by atoms with van der Waals surface area (Å²) in [6.07, 6.45) is 0.829. The summed E-state index contributed by atoms with van der Waals surface area (Å²) in [6.45, 7) is 10.1. The van der Waals surface area contributed by atoms with Gasteiger partial charge in [-0.1, -0.05) is 13.0 Å². The molecule has 1 saturated heterocycles. The molecule has 1 N–H and O–H groups in total. The van der Waals surface area contributed by atoms with Crippen LogP contribution >= 0.6 is 0 Å². The molecule has 1 aliphatic heterocycles. The van der Waals surface area contributed by atoms with Crippen molar-refractivity contribution in [3.05, 3.63) is 29.3 Å². The second kappa shape index (κ2) is 7.44. The van der Waals surface area contributed by atoms with Gasteiger partial charge in [-0.3, -0.25) is 4.90 Å². The highest BCUT2D eigenvalue weighted by atomic mass is 16.5. The smallest absolute Gasteiger partial charge is 0.124 e. The molecular formula is C18H29NO3. The molecule has 0 radical (unpaired) electrons. The van der Waals surface area contributed by atoms with Crippen molar-refractivity contribution in [3.8, 4) is 5.75 Å². The van der Waals surface area contributed by atoms with Gasteiger partial charge >= 0.3 is 0 Å². The highest BCUT2D eigenvalue weighted by molar-refractivity contribution is 5.37. The highest BCUT2D eigenvalue weighted by Gasteiger charge is 2.34. The van der Waals surface area contributed by atoms with E-state index in [2.05, 4.69) is 24.0 Å². The SMILES string of the molecule is CCOCc1cc(CN2CC[C@](C)(O)[C@H](C)C2)ccc1OC. The van der Waals surface area contributed by atoms with Crippen molar-refractivity contribution in [2.45, 2.75) is 45.9 Å². The van der Waals surface area contributed by atoms with Crippen LogP contribution in [0.1, 0.15) is 38.3 Å². The van der Waals surface area contributed by atoms with Crippen LogP contribution in [-0.2, 0) is 17.9 Å². The predicted molar refractivity (Wildman–Crippen MR) is 88.0 cm³/mol. The number of methoxy groups -OCH3 is 1. The lowest BCUT2D eigenvalue weighted by Gasteiger charge is -2.41. The van der Waals surface area contributed by atoms with Gasteiger partial charge in [-0.2, -0.15) is 0 Å². The summed E-state index contributed by atoms with van der Waals surface area (Å²) >= 11 is 0. The van der Waals surface area contributed by atoms with Crippen molar-refractivity contribution in [1.82, 2.24) is 4.90 Å². The Kier molecular flexibility index (Phi) is 5.84. The number of rotatable bonds is 6. The van der Waals surface area contributed by atoms with E-state index in [1.54, 1.807) is 7.11 Å². The van der Waals surface area contributed by atoms with Crippen molar-refractivity contribution in [2.75, 3.05) is 26.8 Å². The van der Waals surface area contributed by atoms with Gasteiger partial charge in [0.1, 0.15) is 5.75 Å². The zero-order valence-corrected chi connectivity index (χ0v) is 14.3. The molecule has 0 aliphatic carbocycles. The summed E-state index contributed by atoms with van der Waals surface area (Å²) in [5, 5.41) is 10.3. The fourth-order valence-corrected chi connectivity index (χ4v) is 2.96. The average molecular weight is 307 g/mol. The number of benzene rings is 1. The Morgan fingerprint density at radius 1 is 1.41 bits per heavy atom. The van der Waals surface area contributed by atoms with Crippen LogP contribution in [0.15, 0.2) is 18.2 Å². The maximum Gasteiger partial charge on any atom is 0.124 e. The number of nitrogens with zero attached hydrogens (tertiary/aromatic N) is 1. The van der Waals surface area contributed by atoms with Crippen molar-refractivity contribution < 1.29 is 14.6 Å². The summed E-state index contributed by atoms with van der Waals surface area (Å²) < 4.78 is 10.9. The van der Waals surface area contributed by atoms with E-state index in [1.807, 2.05) is 19.9 Å². The summed E-state index contributed by atoms with van der Waals surface area (Å²) in [5.74, 6) is 1.18. The molecule has 1 aliphatic rings. The van der Waals surface area contributed by atoms with Gasteiger partial charge in [0.15, 0.2) is 0 Å². The van der Waals surface area contributed by atoms with Gasteiger partial charge in [-0.15, -0.1) is 0 Å². The Bertz CT molecular complexity index is 487. The molecule has 0 unspecified atom stereocenters. The third-order valence-corrected chi connectivity index (χ3v) is 4.74. The monoisotopic (exact) mass is 307 g/mol. The molecule has 0 spiro atoms. The first-order chi connectivity index (χ1) is 10.5. The van der Waals surface area contributed by atoms with Crippen LogP contribution in [0, 0.1) is 5.92 Å². The molecule has 0 bridgehead atoms. The number of hydrogen-bond donors (Lipinski definition) is 1. The first kappa shape index (κ1) is 17.3. The lowest BCUT2D eigenvalue weighted by Crippen LogP contribution is -2.48. The molecule has 0 aromatic heterocycles. The van der Waals surface area contributed by atoms with E-state index in [-0.39, 0.29) is 0 Å². The zero-order valence-electron chi connectivity index (χ0n) is 14.3. The Hall–Kier alpha value is -1.10. The van der Waals surface area contributed by atoms with E-state index in [9.17, 15) is 5.11 Å². The van der Waals surface area contributed by atoms with E-state index in [4.69, 9.17) is 9.47 Å². The normalized spacial score (nSPS) is 26.1. The fraction of sp³-hybridized carbons (Fsp3) is 0.667. The standard InChI is InChI=1S/C18H29NO3/c1-5-22-13-16-10-15(6-7-17(16)21-4)12-19-9-8-18(3,20)14(2)11-19/h6-7,10,14,20H,5,8-9,11-13H2,1-4H3/t14-,18+/m1/s1. The number of piperidine rings is 1. The quantitative estimate of drug-likeness (QED) is 0.877. The third kappa shape index (κ3) is 4.22. The molecule has 2 atom stereocenters. The molecule has 4 nitrogen and oxygen atoms in total. The minimum absolute atomic E-state index is 0.294. The lowest BCUT2D eigenvalue weighted by atomic mass is 9.84. The average Bonchev–Trinajstić information content (AvgIpc) is 2.49. The predicted octanol–water partition coefficient (Wildman–Crippen LogP) is 2.82. The number of aliphatic hydroxyl groups is 1. The number of hydrogen-bond acceptors (Lipinski definition) is 4. The molecule has 0 saturated carbocycles. The van der Waals surface area contributed by atoms with E-state index in [1.165, 1.54) is 5.56 Å². The van der Waals surface area contributed by atoms with Crippen LogP contribution in [0.3, 0.4) is 0 Å². The van der Waals surface area contributed by atoms with Crippen molar-refractivity contribution in [3.63, 3.8) is 0 Å². The first-order valence-electron chi connectivity index (χ1n) is 8.14. The van der Waals surface area contributed by atoms with Gasteiger partial charge in [-0.05, 0) is 43.9 Å². The minimum Gasteiger partial charge on any atom is -0.496 e. The molecular weight excluding hydrogens is 278 g/mol. The van der Waals surface area contributed by atoms with Gasteiger partial charge in [0.25, 0.3) is 0 Å². The Morgan fingerprint density at radius 2 is 2.18 bits per heavy atom. The first-order valence-corrected chi connectivity index (χ1v) is 8.14. The van der Waals surface area contributed by atoms with Gasteiger partial charge < -0.3 is 14.6 Å². The molecule has 1 aromatic rings. The number of likely N-dealkylation sites (tertiary alicyclic amines) is 1. The maximum atomic E-state index is 10.3. The largest absolute Gasteiger partial charge is 0.496 e. The molecule has 0 amide bonds. The van der Waals surface area contributed by atoms with Crippen molar-refractivity contribution >= 4 is 0 Å². The van der Waals surface area contributed by atoms with Crippen molar-refractivity contribution in [2.24, 2.45) is 5.92 Å². The second-order valence-electron chi connectivity index (χ2n) is 6.53. The zero-order chi connectivity index (χ0) is 16.2. The molecule has 1 aromatic carbocycles. The van der Waals surface area contributed by atoms with E-state index < -0.39 is 5.60 Å². The van der Waals surface area contributed by atoms with Crippen LogP contribution in [0.5, 0.6) is 5.75 Å². The van der Waals surface area contributed by atoms with E-state index in [0.29, 0.717) is 19.1 Å². The molecule has 1 heterocycles. The van der Waals surface area contributed by atoms with E-state index in [0.717, 1.165) is 37.4 Å². The summed E-state index contributed by atoms with van der Waals surface area (Å²) in [6, 6.07) is 6.31. The summed E-state index contributed by atoms with van der Waals surface area (Å²) in [7, 11) is 1.69. The van der Waals surface area contributed by atoms with Crippen LogP contribution in [-0.4, -0.2) is 42.4 Å². The van der Waals surface area contributed by atoms with Crippen LogP contribution in [0.25, 0.3) is 0 Å². The summed E-state index contributed by atoms with van der Waals surface area (Å²) in [5.41, 5.74) is 1.83. The van der Waals surface area contributed by atoms with Crippen molar-refractivity contribution in [1.29, 1.82) is 0 Å². The van der Waals surface area contributed by atoms with Gasteiger partial charge in [0.05, 0.1) is 19.3 Å². The van der Waals surface area contributed by atoms with Crippen LogP contribution < -0.4 is 4.74 Å². The third-order valence-electron chi connectivity index (χ3n) is 4.74. The van der Waals surface area contributed by atoms with Gasteiger partial charge in [-0.25, -0.2) is 0 Å². The molecule has 22 heavy (non-hydrogen) atoms. The Morgan fingerprint density at radius 3 is 2.82 bits per heavy atom. The van der Waals surface area contributed by atoms with Gasteiger partial charge in [0, 0.05) is 31.8 Å². The highest BCUT2D eigenvalue weighted by Crippen LogP contribution is 2.28. The van der Waals surface area contributed by atoms with E-state index >= 15 is 0 Å². The molecule has 4 heteroatoms. The Labute approximate surface area is 134 Å². The second-order valence-corrected chi connectivity index (χ2v) is 6.53.